The Morgan fingerprint density at radius 2 is 2.11 bits per heavy atom. The lowest BCUT2D eigenvalue weighted by Crippen LogP contribution is -2.35. The molecule has 1 aliphatic rings. The highest BCUT2D eigenvalue weighted by atomic mass is 16.5. The van der Waals surface area contributed by atoms with Gasteiger partial charge < -0.3 is 10.1 Å². The lowest BCUT2D eigenvalue weighted by Gasteiger charge is -2.21. The third-order valence-corrected chi connectivity index (χ3v) is 3.01. The molecule has 2 rings (SSSR count). The molecule has 0 saturated heterocycles. The Morgan fingerprint density at radius 1 is 1.33 bits per heavy atom. The molecule has 1 unspecified atom stereocenters. The van der Waals surface area contributed by atoms with Crippen LogP contribution >= 0.6 is 0 Å². The first-order valence-electron chi connectivity index (χ1n) is 6.24. The molecule has 1 N–H and O–H groups in total. The van der Waals surface area contributed by atoms with Crippen molar-refractivity contribution in [2.24, 2.45) is 4.99 Å². The molecule has 1 aromatic rings. The molecule has 4 nitrogen and oxygen atoms in total. The van der Waals surface area contributed by atoms with Crippen molar-refractivity contribution in [3.63, 3.8) is 0 Å². The summed E-state index contributed by atoms with van der Waals surface area (Å²) in [5.41, 5.74) is 0.901. The average Bonchev–Trinajstić information content (AvgIpc) is 2.46. The summed E-state index contributed by atoms with van der Waals surface area (Å²) in [5.74, 6) is 0.620. The highest BCUT2D eigenvalue weighted by Crippen LogP contribution is 2.16. The van der Waals surface area contributed by atoms with E-state index < -0.39 is 6.04 Å². The molecule has 0 spiro atoms. The molecule has 0 saturated carbocycles. The zero-order valence-electron chi connectivity index (χ0n) is 10.6. The van der Waals surface area contributed by atoms with Crippen LogP contribution in [0, 0.1) is 0 Å². The van der Waals surface area contributed by atoms with E-state index in [0.717, 1.165) is 37.2 Å². The third-order valence-electron chi connectivity index (χ3n) is 3.01. The normalized spacial score (nSPS) is 16.6. The van der Waals surface area contributed by atoms with E-state index in [-0.39, 0.29) is 5.97 Å². The lowest BCUT2D eigenvalue weighted by molar-refractivity contribution is -0.142. The molecule has 1 aromatic carbocycles. The predicted octanol–water partition coefficient (Wildman–Crippen LogP) is 2.07. The number of aliphatic imine (C=N–C) groups is 1. The minimum atomic E-state index is -0.465. The number of rotatable bonds is 3. The molecule has 0 amide bonds. The number of nitrogens with zero attached hydrogens (tertiary/aromatic N) is 1. The average molecular weight is 246 g/mol. The van der Waals surface area contributed by atoms with Crippen LogP contribution in [0.1, 0.15) is 30.9 Å². The summed E-state index contributed by atoms with van der Waals surface area (Å²) < 4.78 is 4.85. The van der Waals surface area contributed by atoms with Crippen molar-refractivity contribution < 1.29 is 9.53 Å². The van der Waals surface area contributed by atoms with E-state index >= 15 is 0 Å². The van der Waals surface area contributed by atoms with Gasteiger partial charge in [-0.2, -0.15) is 0 Å². The van der Waals surface area contributed by atoms with Crippen molar-refractivity contribution in [3.05, 3.63) is 35.9 Å². The van der Waals surface area contributed by atoms with E-state index in [9.17, 15) is 4.79 Å². The van der Waals surface area contributed by atoms with Gasteiger partial charge in [-0.25, -0.2) is 4.79 Å². The Hall–Kier alpha value is -1.84. The monoisotopic (exact) mass is 246 g/mol. The number of carbonyl (C=O) groups is 1. The Kier molecular flexibility index (Phi) is 4.34. The van der Waals surface area contributed by atoms with E-state index in [0.29, 0.717) is 0 Å². The van der Waals surface area contributed by atoms with Gasteiger partial charge in [0.1, 0.15) is 0 Å². The van der Waals surface area contributed by atoms with Crippen LogP contribution in [0.5, 0.6) is 0 Å². The van der Waals surface area contributed by atoms with E-state index in [1.54, 1.807) is 0 Å². The number of amidine groups is 1. The van der Waals surface area contributed by atoms with Gasteiger partial charge >= 0.3 is 5.97 Å². The second-order valence-corrected chi connectivity index (χ2v) is 4.30. The topological polar surface area (TPSA) is 50.7 Å². The summed E-state index contributed by atoms with van der Waals surface area (Å²) in [6, 6.07) is 9.12. The van der Waals surface area contributed by atoms with Crippen LogP contribution < -0.4 is 5.32 Å². The van der Waals surface area contributed by atoms with Crippen LogP contribution in [0.2, 0.25) is 0 Å². The molecule has 1 atom stereocenters. The van der Waals surface area contributed by atoms with E-state index in [2.05, 4.69) is 10.3 Å². The van der Waals surface area contributed by atoms with Gasteiger partial charge in [0.05, 0.1) is 12.9 Å². The summed E-state index contributed by atoms with van der Waals surface area (Å²) in [7, 11) is 1.41. The van der Waals surface area contributed by atoms with Crippen LogP contribution in [0.4, 0.5) is 0 Å². The molecule has 1 aliphatic heterocycles. The number of benzene rings is 1. The largest absolute Gasteiger partial charge is 0.467 e. The number of carbonyl (C=O) groups excluding carboxylic acids is 1. The second kappa shape index (κ2) is 6.19. The van der Waals surface area contributed by atoms with Gasteiger partial charge in [0.15, 0.2) is 6.04 Å². The molecule has 4 heteroatoms. The SMILES string of the molecule is COC(=O)C(NC1=NCCCC1)c1ccccc1. The molecule has 0 bridgehead atoms. The van der Waals surface area contributed by atoms with Gasteiger partial charge in [-0.05, 0) is 18.4 Å². The number of methoxy groups -OCH3 is 1. The molecule has 0 radical (unpaired) electrons. The van der Waals surface area contributed by atoms with Crippen LogP contribution in [0.3, 0.4) is 0 Å². The Balaban J connectivity index is 2.15. The maximum absolute atomic E-state index is 11.8. The van der Waals surface area contributed by atoms with Gasteiger partial charge in [0.25, 0.3) is 0 Å². The standard InChI is InChI=1S/C14H18N2O2/c1-18-14(17)13(11-7-3-2-4-8-11)16-12-9-5-6-10-15-12/h2-4,7-8,13H,5-6,9-10H2,1H3,(H,15,16). The molecule has 0 aromatic heterocycles. The maximum atomic E-state index is 11.8. The number of hydrogen-bond donors (Lipinski definition) is 1. The smallest absolute Gasteiger partial charge is 0.333 e. The summed E-state index contributed by atoms with van der Waals surface area (Å²) in [4.78, 5) is 16.3. The van der Waals surface area contributed by atoms with Gasteiger partial charge in [-0.1, -0.05) is 30.3 Å². The van der Waals surface area contributed by atoms with Crippen molar-refractivity contribution in [1.82, 2.24) is 5.32 Å². The zero-order chi connectivity index (χ0) is 12.8. The van der Waals surface area contributed by atoms with Gasteiger partial charge in [0, 0.05) is 13.0 Å². The fourth-order valence-corrected chi connectivity index (χ4v) is 2.02. The van der Waals surface area contributed by atoms with Crippen molar-refractivity contribution in [2.45, 2.75) is 25.3 Å². The minimum Gasteiger partial charge on any atom is -0.467 e. The van der Waals surface area contributed by atoms with Crippen molar-refractivity contribution in [2.75, 3.05) is 13.7 Å². The number of hydrogen-bond acceptors (Lipinski definition) is 4. The molecule has 1 heterocycles. The predicted molar refractivity (Wildman–Crippen MR) is 70.5 cm³/mol. The molecule has 0 fully saturated rings. The minimum absolute atomic E-state index is 0.283. The fourth-order valence-electron chi connectivity index (χ4n) is 2.02. The van der Waals surface area contributed by atoms with Crippen molar-refractivity contribution in [3.8, 4) is 0 Å². The summed E-state index contributed by atoms with van der Waals surface area (Å²) >= 11 is 0. The second-order valence-electron chi connectivity index (χ2n) is 4.30. The van der Waals surface area contributed by atoms with Crippen LogP contribution in [0.15, 0.2) is 35.3 Å². The Labute approximate surface area is 107 Å². The van der Waals surface area contributed by atoms with Crippen molar-refractivity contribution in [1.29, 1.82) is 0 Å². The number of nitrogens with one attached hydrogen (secondary N) is 1. The number of esters is 1. The van der Waals surface area contributed by atoms with Gasteiger partial charge in [-0.3, -0.25) is 4.99 Å². The fraction of sp³-hybridized carbons (Fsp3) is 0.429. The van der Waals surface area contributed by atoms with E-state index in [4.69, 9.17) is 4.74 Å². The lowest BCUT2D eigenvalue weighted by atomic mass is 10.1. The summed E-state index contributed by atoms with van der Waals surface area (Å²) in [6.45, 7) is 0.838. The summed E-state index contributed by atoms with van der Waals surface area (Å²) in [6.07, 6.45) is 3.15. The first-order valence-corrected chi connectivity index (χ1v) is 6.24. The number of ether oxygens (including phenoxy) is 1. The van der Waals surface area contributed by atoms with Crippen LogP contribution in [-0.2, 0) is 9.53 Å². The highest BCUT2D eigenvalue weighted by molar-refractivity contribution is 5.88. The molecule has 0 aliphatic carbocycles. The highest BCUT2D eigenvalue weighted by Gasteiger charge is 2.22. The first-order chi connectivity index (χ1) is 8.81. The molecular formula is C14H18N2O2. The Bertz CT molecular complexity index is 429. The third kappa shape index (κ3) is 3.09. The van der Waals surface area contributed by atoms with Gasteiger partial charge in [0.2, 0.25) is 0 Å². The van der Waals surface area contributed by atoms with E-state index in [1.807, 2.05) is 30.3 Å². The first kappa shape index (κ1) is 12.6. The molecular weight excluding hydrogens is 228 g/mol. The summed E-state index contributed by atoms with van der Waals surface area (Å²) in [5, 5.41) is 3.20. The van der Waals surface area contributed by atoms with Crippen LogP contribution in [0.25, 0.3) is 0 Å². The quantitative estimate of drug-likeness (QED) is 0.831. The zero-order valence-corrected chi connectivity index (χ0v) is 10.6. The van der Waals surface area contributed by atoms with Gasteiger partial charge in [-0.15, -0.1) is 0 Å². The molecule has 18 heavy (non-hydrogen) atoms. The molecule has 96 valence electrons. The Morgan fingerprint density at radius 3 is 2.72 bits per heavy atom. The van der Waals surface area contributed by atoms with Crippen LogP contribution in [-0.4, -0.2) is 25.5 Å². The van der Waals surface area contributed by atoms with Crippen molar-refractivity contribution >= 4 is 11.8 Å². The van der Waals surface area contributed by atoms with E-state index in [1.165, 1.54) is 7.11 Å². The maximum Gasteiger partial charge on any atom is 0.333 e.